The number of rotatable bonds is 5. The number of carbonyl (C=O) groups excluding carboxylic acids is 1. The van der Waals surface area contributed by atoms with Crippen LogP contribution in [-0.2, 0) is 11.3 Å². The molecule has 1 saturated heterocycles. The fourth-order valence-electron chi connectivity index (χ4n) is 3.71. The molecule has 0 bridgehead atoms. The van der Waals surface area contributed by atoms with Crippen LogP contribution < -0.4 is 15.1 Å². The fraction of sp³-hybridized carbons (Fsp3) is 0.364. The van der Waals surface area contributed by atoms with Crippen LogP contribution in [0.15, 0.2) is 48.5 Å². The standard InChI is InChI=1S/C22H26N4O/c1-17-6-3-4-8-20(17)16-25-10-12-26(13-11-25)18(2)22(27)24-21-9-5-7-19(14-21)15-23/h3-9,14,18H,10-13,16H2,1-2H3,(H,24,27)/p+2/t18-/m1/s1. The lowest BCUT2D eigenvalue weighted by Gasteiger charge is -2.32. The molecular weight excluding hydrogens is 336 g/mol. The van der Waals surface area contributed by atoms with Crippen molar-refractivity contribution in [2.24, 2.45) is 0 Å². The van der Waals surface area contributed by atoms with Gasteiger partial charge in [-0.2, -0.15) is 5.26 Å². The molecule has 1 amide bonds. The topological polar surface area (TPSA) is 61.8 Å². The first-order chi connectivity index (χ1) is 13.1. The molecule has 0 unspecified atom stereocenters. The minimum absolute atomic E-state index is 0.0162. The number of aryl methyl sites for hydroxylation is 1. The molecule has 0 aromatic heterocycles. The summed E-state index contributed by atoms with van der Waals surface area (Å²) >= 11 is 0. The maximum atomic E-state index is 12.6. The molecule has 2 aromatic rings. The maximum Gasteiger partial charge on any atom is 0.282 e. The van der Waals surface area contributed by atoms with Gasteiger partial charge in [0, 0.05) is 11.3 Å². The average Bonchev–Trinajstić information content (AvgIpc) is 2.70. The summed E-state index contributed by atoms with van der Waals surface area (Å²) in [7, 11) is 0. The molecule has 0 aliphatic carbocycles. The van der Waals surface area contributed by atoms with Gasteiger partial charge in [0.15, 0.2) is 6.04 Å². The number of anilines is 1. The third-order valence-electron chi connectivity index (χ3n) is 5.57. The van der Waals surface area contributed by atoms with E-state index in [1.807, 2.05) is 13.0 Å². The van der Waals surface area contributed by atoms with Gasteiger partial charge < -0.3 is 15.1 Å². The lowest BCUT2D eigenvalue weighted by atomic mass is 10.1. The van der Waals surface area contributed by atoms with Crippen LogP contribution in [0.4, 0.5) is 5.69 Å². The van der Waals surface area contributed by atoms with Crippen LogP contribution in [0.1, 0.15) is 23.6 Å². The average molecular weight is 364 g/mol. The molecular formula is C22H28N4O+2. The van der Waals surface area contributed by atoms with Crippen molar-refractivity contribution in [2.75, 3.05) is 31.5 Å². The molecule has 0 spiro atoms. The molecule has 0 radical (unpaired) electrons. The number of hydrogen-bond donors (Lipinski definition) is 3. The molecule has 3 N–H and O–H groups in total. The summed E-state index contributed by atoms with van der Waals surface area (Å²) in [5.74, 6) is 0.0162. The van der Waals surface area contributed by atoms with E-state index in [0.717, 1.165) is 32.7 Å². The van der Waals surface area contributed by atoms with Crippen molar-refractivity contribution in [3.05, 3.63) is 65.2 Å². The second kappa shape index (κ2) is 8.81. The Labute approximate surface area is 161 Å². The van der Waals surface area contributed by atoms with Crippen LogP contribution in [0, 0.1) is 18.3 Å². The van der Waals surface area contributed by atoms with E-state index in [4.69, 9.17) is 5.26 Å². The highest BCUT2D eigenvalue weighted by Gasteiger charge is 2.31. The smallest absolute Gasteiger partial charge is 0.282 e. The van der Waals surface area contributed by atoms with Gasteiger partial charge in [0.25, 0.3) is 5.91 Å². The van der Waals surface area contributed by atoms with Crippen LogP contribution in [0.2, 0.25) is 0 Å². The third kappa shape index (κ3) is 4.94. The number of nitriles is 1. The Morgan fingerprint density at radius 1 is 1.15 bits per heavy atom. The van der Waals surface area contributed by atoms with Gasteiger partial charge in [0.05, 0.1) is 11.6 Å². The second-order valence-electron chi connectivity index (χ2n) is 7.42. The zero-order valence-corrected chi connectivity index (χ0v) is 16.1. The zero-order valence-electron chi connectivity index (χ0n) is 16.1. The lowest BCUT2D eigenvalue weighted by Crippen LogP contribution is -3.29. The first kappa shape index (κ1) is 19.1. The van der Waals surface area contributed by atoms with E-state index in [9.17, 15) is 4.79 Å². The van der Waals surface area contributed by atoms with Gasteiger partial charge in [-0.15, -0.1) is 0 Å². The van der Waals surface area contributed by atoms with Crippen molar-refractivity contribution in [1.82, 2.24) is 0 Å². The quantitative estimate of drug-likeness (QED) is 0.709. The number of quaternary nitrogens is 2. The maximum absolute atomic E-state index is 12.6. The lowest BCUT2D eigenvalue weighted by molar-refractivity contribution is -1.02. The fourth-order valence-corrected chi connectivity index (χ4v) is 3.71. The van der Waals surface area contributed by atoms with Crippen LogP contribution in [0.25, 0.3) is 0 Å². The molecule has 1 aliphatic heterocycles. The first-order valence-electron chi connectivity index (χ1n) is 9.60. The highest BCUT2D eigenvalue weighted by molar-refractivity contribution is 5.93. The number of hydrogen-bond acceptors (Lipinski definition) is 2. The van der Waals surface area contributed by atoms with Crippen LogP contribution >= 0.6 is 0 Å². The molecule has 27 heavy (non-hydrogen) atoms. The Morgan fingerprint density at radius 2 is 1.89 bits per heavy atom. The van der Waals surface area contributed by atoms with Gasteiger partial charge in [-0.3, -0.25) is 4.79 Å². The summed E-state index contributed by atoms with van der Waals surface area (Å²) in [6.07, 6.45) is 0. The SMILES string of the molecule is Cc1ccccc1C[NH+]1CC[NH+]([C@H](C)C(=O)Nc2cccc(C#N)c2)CC1. The van der Waals surface area contributed by atoms with Crippen molar-refractivity contribution < 1.29 is 14.6 Å². The first-order valence-corrected chi connectivity index (χ1v) is 9.60. The molecule has 1 aliphatic rings. The van der Waals surface area contributed by atoms with Gasteiger partial charge in [0.2, 0.25) is 0 Å². The highest BCUT2D eigenvalue weighted by Crippen LogP contribution is 2.09. The summed E-state index contributed by atoms with van der Waals surface area (Å²) in [6.45, 7) is 9.36. The number of amides is 1. The van der Waals surface area contributed by atoms with E-state index in [2.05, 4.69) is 42.6 Å². The Hall–Kier alpha value is -2.68. The number of piperazine rings is 1. The second-order valence-corrected chi connectivity index (χ2v) is 7.42. The number of benzene rings is 2. The Bertz CT molecular complexity index is 834. The van der Waals surface area contributed by atoms with E-state index in [1.165, 1.54) is 16.0 Å². The summed E-state index contributed by atoms with van der Waals surface area (Å²) in [6, 6.07) is 17.6. The van der Waals surface area contributed by atoms with Crippen molar-refractivity contribution in [1.29, 1.82) is 5.26 Å². The third-order valence-corrected chi connectivity index (χ3v) is 5.57. The van der Waals surface area contributed by atoms with Crippen LogP contribution in [-0.4, -0.2) is 38.1 Å². The molecule has 5 nitrogen and oxygen atoms in total. The van der Waals surface area contributed by atoms with Crippen molar-refractivity contribution >= 4 is 11.6 Å². The minimum Gasteiger partial charge on any atom is -0.322 e. The number of nitrogens with one attached hydrogen (secondary N) is 3. The molecule has 5 heteroatoms. The van der Waals surface area contributed by atoms with E-state index in [0.29, 0.717) is 11.3 Å². The molecule has 2 aromatic carbocycles. The molecule has 1 heterocycles. The largest absolute Gasteiger partial charge is 0.322 e. The van der Waals surface area contributed by atoms with E-state index >= 15 is 0 Å². The van der Waals surface area contributed by atoms with Crippen molar-refractivity contribution in [3.63, 3.8) is 0 Å². The molecule has 1 fully saturated rings. The minimum atomic E-state index is -0.101. The predicted octanol–water partition coefficient (Wildman–Crippen LogP) is 0.177. The summed E-state index contributed by atoms with van der Waals surface area (Å²) in [5.41, 5.74) is 4.02. The van der Waals surface area contributed by atoms with Gasteiger partial charge >= 0.3 is 0 Å². The van der Waals surface area contributed by atoms with Gasteiger partial charge in [-0.05, 0) is 37.6 Å². The molecule has 1 atom stereocenters. The molecule has 3 rings (SSSR count). The summed E-state index contributed by atoms with van der Waals surface area (Å²) in [5, 5.41) is 11.9. The van der Waals surface area contributed by atoms with Gasteiger partial charge in [-0.25, -0.2) is 0 Å². The highest BCUT2D eigenvalue weighted by atomic mass is 16.2. The van der Waals surface area contributed by atoms with Gasteiger partial charge in [0.1, 0.15) is 32.7 Å². The van der Waals surface area contributed by atoms with Gasteiger partial charge in [-0.1, -0.05) is 30.3 Å². The summed E-state index contributed by atoms with van der Waals surface area (Å²) in [4.78, 5) is 15.5. The number of nitrogens with zero attached hydrogens (tertiary/aromatic N) is 1. The van der Waals surface area contributed by atoms with Crippen molar-refractivity contribution in [2.45, 2.75) is 26.4 Å². The van der Waals surface area contributed by atoms with Crippen LogP contribution in [0.3, 0.4) is 0 Å². The predicted molar refractivity (Wildman–Crippen MR) is 106 cm³/mol. The summed E-state index contributed by atoms with van der Waals surface area (Å²) < 4.78 is 0. The Morgan fingerprint density at radius 3 is 2.59 bits per heavy atom. The normalized spacial score (nSPS) is 20.5. The monoisotopic (exact) mass is 364 g/mol. The Balaban J connectivity index is 1.52. The molecule has 0 saturated carbocycles. The van der Waals surface area contributed by atoms with E-state index in [-0.39, 0.29) is 11.9 Å². The zero-order chi connectivity index (χ0) is 19.2. The molecule has 140 valence electrons. The number of carbonyl (C=O) groups is 1. The van der Waals surface area contributed by atoms with Crippen LogP contribution in [0.5, 0.6) is 0 Å². The van der Waals surface area contributed by atoms with E-state index in [1.54, 1.807) is 23.1 Å². The van der Waals surface area contributed by atoms with Crippen molar-refractivity contribution in [3.8, 4) is 6.07 Å². The van der Waals surface area contributed by atoms with E-state index < -0.39 is 0 Å². The Kier molecular flexibility index (Phi) is 6.23.